The van der Waals surface area contributed by atoms with Gasteiger partial charge in [-0.15, -0.1) is 0 Å². The summed E-state index contributed by atoms with van der Waals surface area (Å²) in [6.45, 7) is 0.250. The minimum atomic E-state index is -4.43. The van der Waals surface area contributed by atoms with Crippen molar-refractivity contribution in [3.8, 4) is 11.8 Å². The molecule has 1 N–H and O–H groups in total. The summed E-state index contributed by atoms with van der Waals surface area (Å²) >= 11 is 2.09. The Labute approximate surface area is 195 Å². The molecule has 0 amide bonds. The highest BCUT2D eigenvalue weighted by Gasteiger charge is 2.30. The minimum Gasteiger partial charge on any atom is -0.488 e. The van der Waals surface area contributed by atoms with Gasteiger partial charge in [0, 0.05) is 0 Å². The van der Waals surface area contributed by atoms with Crippen LogP contribution in [0.4, 0.5) is 13.2 Å². The summed E-state index contributed by atoms with van der Waals surface area (Å²) in [6, 6.07) is 18.1. The van der Waals surface area contributed by atoms with E-state index in [1.807, 2.05) is 6.07 Å². The number of nitriles is 1. The number of halogens is 4. The molecule has 0 aliphatic carbocycles. The number of ether oxygens (including phenoxy) is 1. The number of carboxylic acid groups (broad SMARTS) is 1. The third kappa shape index (κ3) is 5.88. The zero-order valence-corrected chi connectivity index (χ0v) is 18.5. The number of aromatic carboxylic acids is 1. The fraction of sp³-hybridized carbons (Fsp3) is 0.0833. The van der Waals surface area contributed by atoms with Crippen LogP contribution in [0.2, 0.25) is 0 Å². The normalized spacial score (nSPS) is 11.7. The maximum atomic E-state index is 12.7. The van der Waals surface area contributed by atoms with Crippen molar-refractivity contribution < 1.29 is 27.8 Å². The molecule has 0 heterocycles. The summed E-state index contributed by atoms with van der Waals surface area (Å²) in [5.41, 5.74) is 1.56. The molecule has 0 saturated heterocycles. The van der Waals surface area contributed by atoms with Crippen LogP contribution in [0, 0.1) is 14.9 Å². The van der Waals surface area contributed by atoms with Crippen LogP contribution >= 0.6 is 22.6 Å². The molecule has 4 nitrogen and oxygen atoms in total. The molecule has 0 aliphatic rings. The van der Waals surface area contributed by atoms with Crippen molar-refractivity contribution in [2.45, 2.75) is 12.8 Å². The van der Waals surface area contributed by atoms with Crippen LogP contribution in [-0.4, -0.2) is 11.1 Å². The first-order valence-electron chi connectivity index (χ1n) is 9.21. The van der Waals surface area contributed by atoms with Gasteiger partial charge < -0.3 is 9.84 Å². The highest BCUT2D eigenvalue weighted by atomic mass is 127. The Kier molecular flexibility index (Phi) is 7.20. The fourth-order valence-electron chi connectivity index (χ4n) is 2.81. The second-order valence-corrected chi connectivity index (χ2v) is 7.89. The van der Waals surface area contributed by atoms with Gasteiger partial charge in [0.1, 0.15) is 12.4 Å². The van der Waals surface area contributed by atoms with E-state index in [0.29, 0.717) is 16.9 Å². The molecule has 0 radical (unpaired) electrons. The summed E-state index contributed by atoms with van der Waals surface area (Å²) in [4.78, 5) is 10.9. The molecule has 0 aromatic heterocycles. The van der Waals surface area contributed by atoms with E-state index in [2.05, 4.69) is 22.6 Å². The van der Waals surface area contributed by atoms with E-state index in [-0.39, 0.29) is 17.7 Å². The van der Waals surface area contributed by atoms with Crippen molar-refractivity contribution >= 4 is 40.2 Å². The van der Waals surface area contributed by atoms with Crippen LogP contribution in [0.3, 0.4) is 0 Å². The zero-order chi connectivity index (χ0) is 23.3. The number of rotatable bonds is 6. The van der Waals surface area contributed by atoms with Gasteiger partial charge in [0.05, 0.1) is 26.3 Å². The Morgan fingerprint density at radius 1 is 1.03 bits per heavy atom. The maximum absolute atomic E-state index is 12.7. The lowest BCUT2D eigenvalue weighted by Crippen LogP contribution is -2.04. The molecular formula is C24H15F3INO3. The van der Waals surface area contributed by atoms with Crippen LogP contribution < -0.4 is 4.74 Å². The molecule has 0 atom stereocenters. The van der Waals surface area contributed by atoms with Gasteiger partial charge >= 0.3 is 12.1 Å². The van der Waals surface area contributed by atoms with E-state index < -0.39 is 17.7 Å². The molecule has 3 aromatic rings. The van der Waals surface area contributed by atoms with E-state index in [9.17, 15) is 23.2 Å². The van der Waals surface area contributed by atoms with Crippen molar-refractivity contribution in [2.24, 2.45) is 0 Å². The highest BCUT2D eigenvalue weighted by Crippen LogP contribution is 2.31. The van der Waals surface area contributed by atoms with E-state index in [1.165, 1.54) is 24.3 Å². The molecule has 0 spiro atoms. The Hall–Kier alpha value is -3.32. The van der Waals surface area contributed by atoms with Crippen LogP contribution in [0.25, 0.3) is 11.6 Å². The van der Waals surface area contributed by atoms with Crippen molar-refractivity contribution in [2.75, 3.05) is 0 Å². The monoisotopic (exact) mass is 549 g/mol. The quantitative estimate of drug-likeness (QED) is 0.212. The lowest BCUT2D eigenvalue weighted by molar-refractivity contribution is -0.137. The lowest BCUT2D eigenvalue weighted by Gasteiger charge is -2.10. The van der Waals surface area contributed by atoms with Gasteiger partial charge in [-0.2, -0.15) is 18.4 Å². The Bertz CT molecular complexity index is 1200. The molecule has 32 heavy (non-hydrogen) atoms. The zero-order valence-electron chi connectivity index (χ0n) is 16.4. The van der Waals surface area contributed by atoms with Gasteiger partial charge in [0.2, 0.25) is 0 Å². The van der Waals surface area contributed by atoms with Crippen LogP contribution in [0.5, 0.6) is 5.75 Å². The van der Waals surface area contributed by atoms with Gasteiger partial charge in [-0.3, -0.25) is 0 Å². The van der Waals surface area contributed by atoms with Gasteiger partial charge in [0.15, 0.2) is 0 Å². The third-order valence-corrected chi connectivity index (χ3v) is 5.35. The molecule has 3 aromatic carbocycles. The molecule has 0 aliphatic heterocycles. The predicted octanol–water partition coefficient (Wildman–Crippen LogP) is 6.65. The van der Waals surface area contributed by atoms with Crippen molar-refractivity contribution in [3.05, 3.63) is 98.1 Å². The largest absolute Gasteiger partial charge is 0.488 e. The summed E-state index contributed by atoms with van der Waals surface area (Å²) in [6.07, 6.45) is -2.83. The third-order valence-electron chi connectivity index (χ3n) is 4.51. The average Bonchev–Trinajstić information content (AvgIpc) is 2.76. The van der Waals surface area contributed by atoms with Crippen LogP contribution in [-0.2, 0) is 12.8 Å². The molecule has 0 saturated carbocycles. The number of carboxylic acids is 1. The standard InChI is InChI=1S/C24H15F3INO3/c25-24(26,27)20-8-6-17(7-9-20)19(13-29)11-16-3-10-22(21(28)12-16)32-14-15-1-4-18(5-2-15)23(30)31/h1-12H,14H2,(H,30,31)/b19-11-. The fourth-order valence-corrected chi connectivity index (χ4v) is 3.51. The molecule has 162 valence electrons. The summed E-state index contributed by atoms with van der Waals surface area (Å²) < 4.78 is 44.8. The molecule has 0 fully saturated rings. The number of benzene rings is 3. The first kappa shape index (κ1) is 23.3. The molecule has 0 bridgehead atoms. The maximum Gasteiger partial charge on any atom is 0.416 e. The van der Waals surface area contributed by atoms with E-state index in [4.69, 9.17) is 9.84 Å². The van der Waals surface area contributed by atoms with Crippen molar-refractivity contribution in [3.63, 3.8) is 0 Å². The van der Waals surface area contributed by atoms with Gasteiger partial charge in [-0.05, 0) is 81.8 Å². The minimum absolute atomic E-state index is 0.195. The summed E-state index contributed by atoms with van der Waals surface area (Å²) in [7, 11) is 0. The number of alkyl halides is 3. The Balaban J connectivity index is 1.73. The first-order chi connectivity index (χ1) is 15.2. The van der Waals surface area contributed by atoms with Crippen LogP contribution in [0.15, 0.2) is 66.7 Å². The predicted molar refractivity (Wildman–Crippen MR) is 122 cm³/mol. The molecular weight excluding hydrogens is 534 g/mol. The lowest BCUT2D eigenvalue weighted by atomic mass is 10.0. The van der Waals surface area contributed by atoms with E-state index in [1.54, 1.807) is 36.4 Å². The smallest absolute Gasteiger partial charge is 0.416 e. The number of hydrogen-bond donors (Lipinski definition) is 1. The second-order valence-electron chi connectivity index (χ2n) is 6.73. The SMILES string of the molecule is N#C/C(=C/c1ccc(OCc2ccc(C(=O)O)cc2)c(I)c1)c1ccc(C(F)(F)F)cc1. The van der Waals surface area contributed by atoms with Crippen molar-refractivity contribution in [1.29, 1.82) is 5.26 Å². The molecule has 0 unspecified atom stereocenters. The summed E-state index contributed by atoms with van der Waals surface area (Å²) in [5, 5.41) is 18.4. The Morgan fingerprint density at radius 3 is 2.19 bits per heavy atom. The molecule has 3 rings (SSSR count). The number of carbonyl (C=O) groups is 1. The first-order valence-corrected chi connectivity index (χ1v) is 10.3. The van der Waals surface area contributed by atoms with Crippen molar-refractivity contribution in [1.82, 2.24) is 0 Å². The highest BCUT2D eigenvalue weighted by molar-refractivity contribution is 14.1. The number of allylic oxidation sites excluding steroid dienone is 1. The van der Waals surface area contributed by atoms with Gasteiger partial charge in [-0.25, -0.2) is 4.79 Å². The van der Waals surface area contributed by atoms with E-state index in [0.717, 1.165) is 21.3 Å². The topological polar surface area (TPSA) is 70.3 Å². The Morgan fingerprint density at radius 2 is 1.66 bits per heavy atom. The number of hydrogen-bond acceptors (Lipinski definition) is 3. The van der Waals surface area contributed by atoms with E-state index >= 15 is 0 Å². The molecule has 8 heteroatoms. The second kappa shape index (κ2) is 9.87. The van der Waals surface area contributed by atoms with Gasteiger partial charge in [0.25, 0.3) is 0 Å². The summed E-state index contributed by atoms with van der Waals surface area (Å²) in [5.74, 6) is -0.387. The number of nitrogens with zero attached hydrogens (tertiary/aromatic N) is 1. The van der Waals surface area contributed by atoms with Gasteiger partial charge in [-0.1, -0.05) is 30.3 Å². The van der Waals surface area contributed by atoms with Crippen LogP contribution in [0.1, 0.15) is 32.6 Å². The average molecular weight is 549 g/mol.